The Morgan fingerprint density at radius 2 is 2.03 bits per heavy atom. The molecule has 6 rings (SSSR count). The number of hydrogen-bond acceptors (Lipinski definition) is 7. The Morgan fingerprint density at radius 1 is 1.19 bits per heavy atom. The van der Waals surface area contributed by atoms with E-state index in [9.17, 15) is 18.7 Å². The molecule has 0 amide bonds. The zero-order chi connectivity index (χ0) is 25.0. The van der Waals surface area contributed by atoms with Crippen LogP contribution in [-0.4, -0.2) is 42.4 Å². The second-order valence-electron chi connectivity index (χ2n) is 9.49. The van der Waals surface area contributed by atoms with Crippen molar-refractivity contribution in [2.24, 2.45) is 0 Å². The highest BCUT2D eigenvalue weighted by Crippen LogP contribution is 2.36. The molecule has 1 aliphatic carbocycles. The molecule has 0 radical (unpaired) electrons. The summed E-state index contributed by atoms with van der Waals surface area (Å²) < 4.78 is 30.1. The number of alkyl halides is 2. The third-order valence-corrected chi connectivity index (χ3v) is 6.76. The molecule has 1 unspecified atom stereocenters. The van der Waals surface area contributed by atoms with Crippen molar-refractivity contribution in [2.75, 3.05) is 11.9 Å². The SMILES string of the molecule is CC(O)(c1cccc(-n2c3nc(Nc4ccc5c(c4)CCNC5)ncc3c(=O)n2C2CC2)n1)C(F)F. The van der Waals surface area contributed by atoms with Crippen LogP contribution >= 0.6 is 0 Å². The topological polar surface area (TPSA) is 110 Å². The van der Waals surface area contributed by atoms with Crippen LogP contribution in [0, 0.1) is 0 Å². The first-order valence-electron chi connectivity index (χ1n) is 11.9. The highest BCUT2D eigenvalue weighted by atomic mass is 19.3. The van der Waals surface area contributed by atoms with Crippen LogP contribution in [-0.2, 0) is 18.6 Å². The fourth-order valence-corrected chi connectivity index (χ4v) is 4.55. The molecule has 4 heterocycles. The number of fused-ring (bicyclic) bond motifs is 2. The molecule has 1 aromatic carbocycles. The third kappa shape index (κ3) is 3.84. The van der Waals surface area contributed by atoms with Gasteiger partial charge in [-0.15, -0.1) is 0 Å². The Labute approximate surface area is 204 Å². The van der Waals surface area contributed by atoms with Gasteiger partial charge in [-0.3, -0.25) is 4.79 Å². The normalized spacial score (nSPS) is 17.2. The molecule has 3 N–H and O–H groups in total. The lowest BCUT2D eigenvalue weighted by Crippen LogP contribution is -2.32. The van der Waals surface area contributed by atoms with E-state index in [-0.39, 0.29) is 23.1 Å². The average Bonchev–Trinajstić information content (AvgIpc) is 3.67. The van der Waals surface area contributed by atoms with Gasteiger partial charge < -0.3 is 15.7 Å². The summed E-state index contributed by atoms with van der Waals surface area (Å²) in [6.45, 7) is 2.78. The van der Waals surface area contributed by atoms with Crippen LogP contribution in [0.2, 0.25) is 0 Å². The van der Waals surface area contributed by atoms with Gasteiger partial charge >= 0.3 is 0 Å². The van der Waals surface area contributed by atoms with Gasteiger partial charge in [0.05, 0.1) is 11.7 Å². The van der Waals surface area contributed by atoms with Crippen molar-refractivity contribution in [3.05, 3.63) is 69.8 Å². The molecule has 0 spiro atoms. The van der Waals surface area contributed by atoms with Crippen LogP contribution in [0.1, 0.15) is 42.6 Å². The van der Waals surface area contributed by atoms with Crippen molar-refractivity contribution < 1.29 is 13.9 Å². The van der Waals surface area contributed by atoms with E-state index in [0.717, 1.165) is 45.0 Å². The number of anilines is 2. The third-order valence-electron chi connectivity index (χ3n) is 6.76. The van der Waals surface area contributed by atoms with Crippen LogP contribution in [0.3, 0.4) is 0 Å². The lowest BCUT2D eigenvalue weighted by Gasteiger charge is -2.22. The van der Waals surface area contributed by atoms with Crippen molar-refractivity contribution in [3.8, 4) is 5.82 Å². The predicted molar refractivity (Wildman–Crippen MR) is 130 cm³/mol. The fraction of sp³-hybridized carbons (Fsp3) is 0.360. The van der Waals surface area contributed by atoms with Crippen molar-refractivity contribution in [1.29, 1.82) is 0 Å². The summed E-state index contributed by atoms with van der Waals surface area (Å²) in [4.78, 5) is 26.6. The second-order valence-corrected chi connectivity index (χ2v) is 9.49. The molecule has 36 heavy (non-hydrogen) atoms. The zero-order valence-electron chi connectivity index (χ0n) is 19.6. The van der Waals surface area contributed by atoms with E-state index < -0.39 is 12.0 Å². The lowest BCUT2D eigenvalue weighted by atomic mass is 10.0. The highest BCUT2D eigenvalue weighted by Gasteiger charge is 2.37. The maximum Gasteiger partial charge on any atom is 0.278 e. The summed E-state index contributed by atoms with van der Waals surface area (Å²) in [6.07, 6.45) is 1.00. The average molecular weight is 494 g/mol. The smallest absolute Gasteiger partial charge is 0.278 e. The first kappa shape index (κ1) is 22.7. The van der Waals surface area contributed by atoms with E-state index >= 15 is 0 Å². The Bertz CT molecular complexity index is 1520. The van der Waals surface area contributed by atoms with Crippen molar-refractivity contribution in [3.63, 3.8) is 0 Å². The zero-order valence-corrected chi connectivity index (χ0v) is 19.6. The van der Waals surface area contributed by atoms with Gasteiger partial charge in [-0.1, -0.05) is 12.1 Å². The summed E-state index contributed by atoms with van der Waals surface area (Å²) in [5, 5.41) is 17.2. The van der Waals surface area contributed by atoms with Gasteiger partial charge in [-0.2, -0.15) is 4.98 Å². The summed E-state index contributed by atoms with van der Waals surface area (Å²) in [7, 11) is 0. The van der Waals surface area contributed by atoms with Gasteiger partial charge in [0.2, 0.25) is 5.95 Å². The number of nitrogens with one attached hydrogen (secondary N) is 2. The summed E-state index contributed by atoms with van der Waals surface area (Å²) in [5.41, 5.74) is 0.753. The molecule has 4 aromatic rings. The maximum absolute atomic E-state index is 13.5. The standard InChI is InChI=1S/C25H25F2N7O2/c1-25(36,23(26)27)19-3-2-4-20(31-19)34-21-18(22(35)33(34)17-7-8-17)13-29-24(32-21)30-16-6-5-15-12-28-10-9-14(15)11-16/h2-6,11,13,17,23,28,36H,7-10,12H2,1H3,(H,29,30,32). The van der Waals surface area contributed by atoms with E-state index in [1.807, 2.05) is 6.07 Å². The maximum atomic E-state index is 13.5. The first-order chi connectivity index (χ1) is 17.3. The van der Waals surface area contributed by atoms with Gasteiger partial charge in [0, 0.05) is 18.4 Å². The van der Waals surface area contributed by atoms with Crippen LogP contribution in [0.15, 0.2) is 47.4 Å². The summed E-state index contributed by atoms with van der Waals surface area (Å²) >= 11 is 0. The van der Waals surface area contributed by atoms with E-state index in [0.29, 0.717) is 17.0 Å². The molecular weight excluding hydrogens is 468 g/mol. The number of rotatable bonds is 6. The van der Waals surface area contributed by atoms with E-state index in [2.05, 4.69) is 37.7 Å². The number of halogens is 2. The summed E-state index contributed by atoms with van der Waals surface area (Å²) in [6, 6.07) is 10.5. The Hall–Kier alpha value is -3.70. The van der Waals surface area contributed by atoms with Crippen LogP contribution in [0.5, 0.6) is 0 Å². The van der Waals surface area contributed by atoms with Gasteiger partial charge in [-0.25, -0.2) is 28.1 Å². The fourth-order valence-electron chi connectivity index (χ4n) is 4.55. The minimum atomic E-state index is -3.03. The van der Waals surface area contributed by atoms with Gasteiger partial charge in [0.15, 0.2) is 17.1 Å². The van der Waals surface area contributed by atoms with Crippen molar-refractivity contribution >= 4 is 22.7 Å². The monoisotopic (exact) mass is 493 g/mol. The number of aliphatic hydroxyl groups is 1. The lowest BCUT2D eigenvalue weighted by molar-refractivity contribution is -0.0910. The quantitative estimate of drug-likeness (QED) is 0.379. The number of pyridine rings is 1. The molecule has 1 atom stereocenters. The number of benzene rings is 1. The first-order valence-corrected chi connectivity index (χ1v) is 11.9. The molecule has 3 aromatic heterocycles. The molecule has 11 heteroatoms. The van der Waals surface area contributed by atoms with E-state index in [1.165, 1.54) is 29.5 Å². The van der Waals surface area contributed by atoms with Crippen molar-refractivity contribution in [1.82, 2.24) is 29.6 Å². The molecule has 1 saturated carbocycles. The molecule has 0 bridgehead atoms. The van der Waals surface area contributed by atoms with Crippen LogP contribution in [0.25, 0.3) is 16.9 Å². The van der Waals surface area contributed by atoms with Gasteiger partial charge in [-0.05, 0) is 68.1 Å². The number of hydrogen-bond donors (Lipinski definition) is 3. The molecule has 0 saturated heterocycles. The minimum absolute atomic E-state index is 0.0431. The van der Waals surface area contributed by atoms with Crippen molar-refractivity contribution in [2.45, 2.75) is 50.8 Å². The van der Waals surface area contributed by atoms with Gasteiger partial charge in [0.25, 0.3) is 12.0 Å². The van der Waals surface area contributed by atoms with Crippen LogP contribution in [0.4, 0.5) is 20.4 Å². The largest absolute Gasteiger partial charge is 0.378 e. The van der Waals surface area contributed by atoms with Crippen LogP contribution < -0.4 is 16.2 Å². The molecule has 1 fully saturated rings. The molecule has 9 nitrogen and oxygen atoms in total. The van der Waals surface area contributed by atoms with E-state index in [4.69, 9.17) is 0 Å². The van der Waals surface area contributed by atoms with Gasteiger partial charge in [0.1, 0.15) is 5.39 Å². The number of nitrogens with zero attached hydrogens (tertiary/aromatic N) is 5. The predicted octanol–water partition coefficient (Wildman–Crippen LogP) is 3.17. The molecular formula is C25H25F2N7O2. The molecule has 2 aliphatic rings. The summed E-state index contributed by atoms with van der Waals surface area (Å²) in [5.74, 6) is 0.521. The Morgan fingerprint density at radius 3 is 2.81 bits per heavy atom. The molecule has 186 valence electrons. The Kier molecular flexibility index (Phi) is 5.34. The second kappa shape index (κ2) is 8.45. The highest BCUT2D eigenvalue weighted by molar-refractivity contribution is 5.77. The Balaban J connectivity index is 1.46. The van der Waals surface area contributed by atoms with E-state index in [1.54, 1.807) is 15.4 Å². The minimum Gasteiger partial charge on any atom is -0.378 e. The molecule has 1 aliphatic heterocycles. The number of aromatic nitrogens is 5.